The van der Waals surface area contributed by atoms with Crippen molar-refractivity contribution in [2.24, 2.45) is 0 Å². The first-order valence-electron chi connectivity index (χ1n) is 7.25. The molecule has 0 fully saturated rings. The van der Waals surface area contributed by atoms with Gasteiger partial charge in [-0.25, -0.2) is 0 Å². The minimum Gasteiger partial charge on any atom is -0.192 e. The van der Waals surface area contributed by atoms with Crippen LogP contribution in [0.4, 0.5) is 0 Å². The van der Waals surface area contributed by atoms with Crippen molar-refractivity contribution in [3.63, 3.8) is 0 Å². The summed E-state index contributed by atoms with van der Waals surface area (Å²) in [4.78, 5) is 2.41. The summed E-state index contributed by atoms with van der Waals surface area (Å²) in [6.07, 6.45) is 2.89. The zero-order chi connectivity index (χ0) is 16.1. The third kappa shape index (κ3) is 4.19. The Balaban J connectivity index is 1.81. The highest BCUT2D eigenvalue weighted by molar-refractivity contribution is 9.10. The van der Waals surface area contributed by atoms with E-state index in [0.717, 1.165) is 21.3 Å². The molecule has 2 aromatic carbocycles. The number of allylic oxidation sites excluding steroid dienone is 1. The normalized spacial score (nSPS) is 11.2. The van der Waals surface area contributed by atoms with Crippen LogP contribution in [0.15, 0.2) is 71.2 Å². The van der Waals surface area contributed by atoms with Crippen LogP contribution in [-0.2, 0) is 6.42 Å². The van der Waals surface area contributed by atoms with Gasteiger partial charge in [-0.15, -0.1) is 11.3 Å². The molecule has 0 saturated carbocycles. The fraction of sp³-hybridized carbons (Fsp3) is 0.0500. The lowest BCUT2D eigenvalue weighted by atomic mass is 10.1. The van der Waals surface area contributed by atoms with E-state index in [1.807, 2.05) is 36.4 Å². The molecule has 112 valence electrons. The van der Waals surface area contributed by atoms with Gasteiger partial charge in [-0.1, -0.05) is 58.4 Å². The van der Waals surface area contributed by atoms with Crippen molar-refractivity contribution >= 4 is 38.9 Å². The lowest BCUT2D eigenvalue weighted by molar-refractivity contribution is 1.24. The number of halogens is 1. The van der Waals surface area contributed by atoms with Gasteiger partial charge in [0.1, 0.15) is 0 Å². The molecule has 0 amide bonds. The minimum absolute atomic E-state index is 0.686. The highest BCUT2D eigenvalue weighted by atomic mass is 79.9. The van der Waals surface area contributed by atoms with E-state index in [4.69, 9.17) is 0 Å². The van der Waals surface area contributed by atoms with Crippen LogP contribution in [0.1, 0.15) is 20.9 Å². The van der Waals surface area contributed by atoms with E-state index >= 15 is 0 Å². The SMILES string of the molecule is N#C/C(=C\c1ccc(Cc2ccccc2)s1)c1ccc(Br)cc1. The highest BCUT2D eigenvalue weighted by Crippen LogP contribution is 2.25. The van der Waals surface area contributed by atoms with Gasteiger partial charge in [-0.2, -0.15) is 5.26 Å². The van der Waals surface area contributed by atoms with Crippen molar-refractivity contribution < 1.29 is 0 Å². The van der Waals surface area contributed by atoms with Crippen LogP contribution >= 0.6 is 27.3 Å². The Morgan fingerprint density at radius 1 is 1.00 bits per heavy atom. The molecule has 1 aromatic heterocycles. The van der Waals surface area contributed by atoms with Crippen molar-refractivity contribution in [1.82, 2.24) is 0 Å². The molecule has 23 heavy (non-hydrogen) atoms. The summed E-state index contributed by atoms with van der Waals surface area (Å²) in [5, 5.41) is 9.43. The van der Waals surface area contributed by atoms with E-state index in [9.17, 15) is 5.26 Å². The van der Waals surface area contributed by atoms with Crippen molar-refractivity contribution in [2.45, 2.75) is 6.42 Å². The number of benzene rings is 2. The van der Waals surface area contributed by atoms with Gasteiger partial charge in [0.05, 0.1) is 11.6 Å². The van der Waals surface area contributed by atoms with Crippen LogP contribution in [0.5, 0.6) is 0 Å². The first kappa shape index (κ1) is 15.7. The largest absolute Gasteiger partial charge is 0.192 e. The predicted octanol–water partition coefficient (Wildman–Crippen LogP) is 6.17. The van der Waals surface area contributed by atoms with E-state index in [0.29, 0.717) is 5.57 Å². The van der Waals surface area contributed by atoms with Gasteiger partial charge in [-0.3, -0.25) is 0 Å². The smallest absolute Gasteiger partial charge is 0.0998 e. The summed E-state index contributed by atoms with van der Waals surface area (Å²) in [7, 11) is 0. The first-order chi connectivity index (χ1) is 11.2. The van der Waals surface area contributed by atoms with Crippen LogP contribution < -0.4 is 0 Å². The molecular formula is C20H14BrNS. The van der Waals surface area contributed by atoms with E-state index in [-0.39, 0.29) is 0 Å². The molecule has 0 spiro atoms. The van der Waals surface area contributed by atoms with Crippen molar-refractivity contribution in [1.29, 1.82) is 5.26 Å². The molecule has 3 rings (SSSR count). The molecule has 0 aliphatic carbocycles. The number of nitriles is 1. The Hall–Kier alpha value is -2.15. The molecule has 1 heterocycles. The van der Waals surface area contributed by atoms with Gasteiger partial charge in [0, 0.05) is 20.6 Å². The maximum Gasteiger partial charge on any atom is 0.0998 e. The lowest BCUT2D eigenvalue weighted by Crippen LogP contribution is -1.82. The van der Waals surface area contributed by atoms with E-state index < -0.39 is 0 Å². The molecule has 0 aliphatic heterocycles. The Morgan fingerprint density at radius 2 is 1.74 bits per heavy atom. The second-order valence-corrected chi connectivity index (χ2v) is 7.26. The van der Waals surface area contributed by atoms with Crippen molar-refractivity contribution in [3.05, 3.63) is 92.1 Å². The van der Waals surface area contributed by atoms with E-state index in [1.165, 1.54) is 10.4 Å². The first-order valence-corrected chi connectivity index (χ1v) is 8.86. The molecule has 0 unspecified atom stereocenters. The van der Waals surface area contributed by atoms with Gasteiger partial charge in [0.25, 0.3) is 0 Å². The van der Waals surface area contributed by atoms with E-state index in [1.54, 1.807) is 11.3 Å². The topological polar surface area (TPSA) is 23.8 Å². The minimum atomic E-state index is 0.686. The van der Waals surface area contributed by atoms with Crippen LogP contribution in [-0.4, -0.2) is 0 Å². The molecule has 0 atom stereocenters. The Morgan fingerprint density at radius 3 is 2.43 bits per heavy atom. The second-order valence-electron chi connectivity index (χ2n) is 5.14. The standard InChI is InChI=1S/C20H14BrNS/c21-18-8-6-16(7-9-18)17(14-22)13-20-11-10-19(23-20)12-15-4-2-1-3-5-15/h1-11,13H,12H2/b17-13+. The summed E-state index contributed by atoms with van der Waals surface area (Å²) in [6, 6.07) is 24.8. The van der Waals surface area contributed by atoms with Gasteiger partial charge in [-0.05, 0) is 41.5 Å². The molecule has 0 bridgehead atoms. The van der Waals surface area contributed by atoms with E-state index in [2.05, 4.69) is 58.4 Å². The highest BCUT2D eigenvalue weighted by Gasteiger charge is 2.04. The van der Waals surface area contributed by atoms with Gasteiger partial charge < -0.3 is 0 Å². The molecule has 0 saturated heterocycles. The molecule has 3 heteroatoms. The van der Waals surface area contributed by atoms with Crippen LogP contribution in [0, 0.1) is 11.3 Å². The zero-order valence-corrected chi connectivity index (χ0v) is 14.8. The number of nitrogens with zero attached hydrogens (tertiary/aromatic N) is 1. The third-order valence-corrected chi connectivity index (χ3v) is 5.03. The summed E-state index contributed by atoms with van der Waals surface area (Å²) in [6.45, 7) is 0. The zero-order valence-electron chi connectivity index (χ0n) is 12.4. The Kier molecular flexibility index (Phi) is 5.07. The van der Waals surface area contributed by atoms with Gasteiger partial charge >= 0.3 is 0 Å². The predicted molar refractivity (Wildman–Crippen MR) is 101 cm³/mol. The monoisotopic (exact) mass is 379 g/mol. The number of hydrogen-bond acceptors (Lipinski definition) is 2. The fourth-order valence-corrected chi connectivity index (χ4v) is 3.57. The van der Waals surface area contributed by atoms with Crippen molar-refractivity contribution in [3.8, 4) is 6.07 Å². The van der Waals surface area contributed by atoms with Crippen molar-refractivity contribution in [2.75, 3.05) is 0 Å². The molecule has 0 N–H and O–H groups in total. The van der Waals surface area contributed by atoms with Gasteiger partial charge in [0.2, 0.25) is 0 Å². The van der Waals surface area contributed by atoms with Crippen LogP contribution in [0.2, 0.25) is 0 Å². The Labute approximate surface area is 148 Å². The molecule has 0 aliphatic rings. The number of hydrogen-bond donors (Lipinski definition) is 0. The maximum absolute atomic E-state index is 9.43. The number of rotatable bonds is 4. The summed E-state index contributed by atoms with van der Waals surface area (Å²) < 4.78 is 1.01. The fourth-order valence-electron chi connectivity index (χ4n) is 2.32. The maximum atomic E-state index is 9.43. The molecule has 3 aromatic rings. The summed E-state index contributed by atoms with van der Waals surface area (Å²) in [5.41, 5.74) is 2.93. The summed E-state index contributed by atoms with van der Waals surface area (Å²) >= 11 is 5.15. The average molecular weight is 380 g/mol. The third-order valence-electron chi connectivity index (χ3n) is 3.47. The molecule has 1 nitrogen and oxygen atoms in total. The van der Waals surface area contributed by atoms with Crippen LogP contribution in [0.25, 0.3) is 11.6 Å². The number of thiophene rings is 1. The second kappa shape index (κ2) is 7.41. The quantitative estimate of drug-likeness (QED) is 0.497. The van der Waals surface area contributed by atoms with Crippen LogP contribution in [0.3, 0.4) is 0 Å². The lowest BCUT2D eigenvalue weighted by Gasteiger charge is -1.99. The molecular weight excluding hydrogens is 366 g/mol. The average Bonchev–Trinajstić information content (AvgIpc) is 3.01. The van der Waals surface area contributed by atoms with Gasteiger partial charge in [0.15, 0.2) is 0 Å². The summed E-state index contributed by atoms with van der Waals surface area (Å²) in [5.74, 6) is 0. The Bertz CT molecular complexity index is 855. The molecule has 0 radical (unpaired) electrons.